The first-order valence-electron chi connectivity index (χ1n) is 5.59. The van der Waals surface area contributed by atoms with Crippen molar-refractivity contribution in [1.82, 2.24) is 4.72 Å². The lowest BCUT2D eigenvalue weighted by Crippen LogP contribution is -2.30. The molecule has 2 rings (SSSR count). The molecule has 1 aliphatic carbocycles. The molecule has 1 saturated carbocycles. The van der Waals surface area contributed by atoms with Crippen molar-refractivity contribution < 1.29 is 12.8 Å². The minimum atomic E-state index is -3.96. The maximum atomic E-state index is 13.9. The van der Waals surface area contributed by atoms with Gasteiger partial charge in [-0.3, -0.25) is 0 Å². The Hall–Kier alpha value is -0.370. The van der Waals surface area contributed by atoms with Crippen LogP contribution >= 0.6 is 27.5 Å². The molecule has 0 aromatic heterocycles. The quantitative estimate of drug-likeness (QED) is 0.631. The Balaban J connectivity index is 2.35. The molecule has 1 aromatic rings. The molecule has 4 nitrogen and oxygen atoms in total. The Bertz CT molecular complexity index is 632. The average Bonchev–Trinajstić information content (AvgIpc) is 3.07. The number of nitrogen functional groups attached to an aromatic ring is 1. The van der Waals surface area contributed by atoms with Crippen LogP contribution in [0.1, 0.15) is 19.8 Å². The summed E-state index contributed by atoms with van der Waals surface area (Å²) in [7, 11) is -3.96. The molecule has 0 atom stereocenters. The van der Waals surface area contributed by atoms with Gasteiger partial charge in [-0.05, 0) is 40.3 Å². The van der Waals surface area contributed by atoms with Crippen LogP contribution in [0.3, 0.4) is 0 Å². The largest absolute Gasteiger partial charge is 0.395 e. The highest BCUT2D eigenvalue weighted by Gasteiger charge is 2.38. The lowest BCUT2D eigenvalue weighted by atomic mass is 10.2. The Morgan fingerprint density at radius 1 is 1.58 bits per heavy atom. The topological polar surface area (TPSA) is 72.2 Å². The van der Waals surface area contributed by atoms with E-state index >= 15 is 0 Å². The molecule has 0 spiro atoms. The Morgan fingerprint density at radius 3 is 2.68 bits per heavy atom. The summed E-state index contributed by atoms with van der Waals surface area (Å²) < 4.78 is 40.6. The second kappa shape index (κ2) is 4.87. The van der Waals surface area contributed by atoms with E-state index in [2.05, 4.69) is 20.7 Å². The van der Waals surface area contributed by atoms with Gasteiger partial charge in [0.1, 0.15) is 4.90 Å². The molecule has 0 radical (unpaired) electrons. The van der Waals surface area contributed by atoms with Crippen molar-refractivity contribution >= 4 is 43.2 Å². The number of sulfonamides is 1. The van der Waals surface area contributed by atoms with Crippen LogP contribution in [0.2, 0.25) is 5.02 Å². The molecule has 1 fully saturated rings. The third-order valence-corrected chi connectivity index (χ3v) is 6.02. The third kappa shape index (κ3) is 3.04. The van der Waals surface area contributed by atoms with Crippen LogP contribution in [0.5, 0.6) is 0 Å². The molecule has 8 heteroatoms. The highest BCUT2D eigenvalue weighted by atomic mass is 79.9. The minimum absolute atomic E-state index is 0.0196. The number of rotatable bonds is 4. The molecule has 106 valence electrons. The summed E-state index contributed by atoms with van der Waals surface area (Å²) in [4.78, 5) is -0.526. The summed E-state index contributed by atoms with van der Waals surface area (Å²) in [6.45, 7) is 2.25. The fourth-order valence-corrected chi connectivity index (χ4v) is 3.41. The van der Waals surface area contributed by atoms with E-state index in [1.165, 1.54) is 0 Å². The second-order valence-electron chi connectivity index (χ2n) is 5.03. The summed E-state index contributed by atoms with van der Waals surface area (Å²) in [5.74, 6) is -0.996. The first-order chi connectivity index (χ1) is 8.66. The fourth-order valence-electron chi connectivity index (χ4n) is 1.53. The van der Waals surface area contributed by atoms with Gasteiger partial charge in [-0.15, -0.1) is 0 Å². The Labute approximate surface area is 124 Å². The van der Waals surface area contributed by atoms with E-state index < -0.39 is 20.7 Å². The number of anilines is 1. The van der Waals surface area contributed by atoms with Crippen LogP contribution in [0, 0.1) is 11.2 Å². The first-order valence-corrected chi connectivity index (χ1v) is 8.24. The highest BCUT2D eigenvalue weighted by Crippen LogP contribution is 2.44. The van der Waals surface area contributed by atoms with Crippen molar-refractivity contribution in [3.63, 3.8) is 0 Å². The summed E-state index contributed by atoms with van der Waals surface area (Å²) in [6.07, 6.45) is 1.92. The average molecular weight is 372 g/mol. The van der Waals surface area contributed by atoms with E-state index in [0.29, 0.717) is 0 Å². The summed E-state index contributed by atoms with van der Waals surface area (Å²) in [6, 6.07) is 1.05. The molecule has 0 heterocycles. The van der Waals surface area contributed by atoms with Gasteiger partial charge < -0.3 is 5.73 Å². The van der Waals surface area contributed by atoms with E-state index in [-0.39, 0.29) is 27.1 Å². The molecule has 0 bridgehead atoms. The van der Waals surface area contributed by atoms with E-state index in [9.17, 15) is 12.8 Å². The normalized spacial score (nSPS) is 17.5. The Kier molecular flexibility index (Phi) is 3.85. The van der Waals surface area contributed by atoms with Crippen LogP contribution in [0.25, 0.3) is 0 Å². The Morgan fingerprint density at radius 2 is 2.16 bits per heavy atom. The van der Waals surface area contributed by atoms with Crippen LogP contribution in [0.4, 0.5) is 10.1 Å². The van der Waals surface area contributed by atoms with E-state index in [0.717, 1.165) is 18.9 Å². The van der Waals surface area contributed by atoms with Crippen molar-refractivity contribution in [2.75, 3.05) is 12.3 Å². The van der Waals surface area contributed by atoms with Gasteiger partial charge >= 0.3 is 0 Å². The zero-order valence-electron chi connectivity index (χ0n) is 10.1. The van der Waals surface area contributed by atoms with Gasteiger partial charge in [-0.1, -0.05) is 18.5 Å². The number of nitrogens with one attached hydrogen (secondary N) is 1. The highest BCUT2D eigenvalue weighted by molar-refractivity contribution is 9.10. The van der Waals surface area contributed by atoms with Gasteiger partial charge in [0.05, 0.1) is 15.2 Å². The number of nitrogens with two attached hydrogens (primary N) is 1. The lowest BCUT2D eigenvalue weighted by molar-refractivity contribution is 0.522. The predicted octanol–water partition coefficient (Wildman–Crippen LogP) is 2.90. The van der Waals surface area contributed by atoms with E-state index in [1.807, 2.05) is 6.92 Å². The van der Waals surface area contributed by atoms with E-state index in [1.54, 1.807) is 0 Å². The number of hydrogen-bond acceptors (Lipinski definition) is 3. The molecule has 19 heavy (non-hydrogen) atoms. The summed E-state index contributed by atoms with van der Waals surface area (Å²) in [5.41, 5.74) is 5.14. The molecule has 0 amide bonds. The summed E-state index contributed by atoms with van der Waals surface area (Å²) >= 11 is 8.81. The predicted molar refractivity (Wildman–Crippen MR) is 76.1 cm³/mol. The van der Waals surface area contributed by atoms with Crippen LogP contribution in [0.15, 0.2) is 15.4 Å². The van der Waals surface area contributed by atoms with E-state index in [4.69, 9.17) is 17.3 Å². The number of benzene rings is 1. The van der Waals surface area contributed by atoms with Gasteiger partial charge in [0.2, 0.25) is 10.0 Å². The number of hydrogen-bond donors (Lipinski definition) is 2. The lowest BCUT2D eigenvalue weighted by Gasteiger charge is -2.13. The van der Waals surface area contributed by atoms with Crippen molar-refractivity contribution in [2.45, 2.75) is 24.7 Å². The monoisotopic (exact) mass is 370 g/mol. The first kappa shape index (κ1) is 15.0. The smallest absolute Gasteiger partial charge is 0.243 e. The maximum Gasteiger partial charge on any atom is 0.243 e. The fraction of sp³-hybridized carbons (Fsp3) is 0.455. The molecule has 0 unspecified atom stereocenters. The third-order valence-electron chi connectivity index (χ3n) is 3.24. The molecular formula is C11H13BrClFN2O2S. The number of halogens is 3. The molecule has 1 aliphatic rings. The zero-order chi connectivity index (χ0) is 14.4. The van der Waals surface area contributed by atoms with Crippen molar-refractivity contribution in [3.05, 3.63) is 21.4 Å². The molecule has 0 aliphatic heterocycles. The second-order valence-corrected chi connectivity index (χ2v) is 7.97. The molecule has 0 saturated heterocycles. The zero-order valence-corrected chi connectivity index (χ0v) is 13.3. The van der Waals surface area contributed by atoms with Gasteiger partial charge in [0.25, 0.3) is 0 Å². The standard InChI is InChI=1S/C11H13BrClFN2O2S/c1-11(2-3-11)5-16-19(17,18)7-4-6(13)8(12)10(15)9(7)14/h4,16H,2-3,5,15H2,1H3. The molecular weight excluding hydrogens is 359 g/mol. The van der Waals surface area contributed by atoms with Gasteiger partial charge in [-0.25, -0.2) is 17.5 Å². The van der Waals surface area contributed by atoms with Gasteiger partial charge in [0.15, 0.2) is 5.82 Å². The molecule has 3 N–H and O–H groups in total. The van der Waals surface area contributed by atoms with Crippen LogP contribution < -0.4 is 10.5 Å². The minimum Gasteiger partial charge on any atom is -0.395 e. The SMILES string of the molecule is CC1(CNS(=O)(=O)c2cc(Cl)c(Br)c(N)c2F)CC1. The van der Waals surface area contributed by atoms with Gasteiger partial charge in [0, 0.05) is 6.54 Å². The summed E-state index contributed by atoms with van der Waals surface area (Å²) in [5, 5.41) is 0.0527. The van der Waals surface area contributed by atoms with Crippen LogP contribution in [-0.4, -0.2) is 15.0 Å². The maximum absolute atomic E-state index is 13.9. The van der Waals surface area contributed by atoms with Crippen LogP contribution in [-0.2, 0) is 10.0 Å². The van der Waals surface area contributed by atoms with Crippen molar-refractivity contribution in [1.29, 1.82) is 0 Å². The van der Waals surface area contributed by atoms with Crippen molar-refractivity contribution in [3.8, 4) is 0 Å². The van der Waals surface area contributed by atoms with Gasteiger partial charge in [-0.2, -0.15) is 0 Å². The molecule has 1 aromatic carbocycles. The van der Waals surface area contributed by atoms with Crippen molar-refractivity contribution in [2.24, 2.45) is 5.41 Å².